The van der Waals surface area contributed by atoms with E-state index in [-0.39, 0.29) is 12.0 Å². The molecule has 1 aliphatic heterocycles. The maximum absolute atomic E-state index is 12.5. The predicted octanol–water partition coefficient (Wildman–Crippen LogP) is 2.20. The molecule has 148 valence electrons. The molecule has 1 aromatic carbocycles. The smallest absolute Gasteiger partial charge is 0.246 e. The van der Waals surface area contributed by atoms with Crippen molar-refractivity contribution in [2.45, 2.75) is 12.5 Å². The Morgan fingerprint density at radius 2 is 1.89 bits per heavy atom. The first-order valence-corrected chi connectivity index (χ1v) is 8.84. The van der Waals surface area contributed by atoms with Gasteiger partial charge in [-0.15, -0.1) is 0 Å². The fourth-order valence-electron chi connectivity index (χ4n) is 3.01. The Hall–Kier alpha value is -3.29. The summed E-state index contributed by atoms with van der Waals surface area (Å²) in [5.74, 6) is 1.96. The van der Waals surface area contributed by atoms with Crippen molar-refractivity contribution < 1.29 is 23.7 Å². The van der Waals surface area contributed by atoms with Gasteiger partial charge in [0.2, 0.25) is 17.5 Å². The average molecular weight is 385 g/mol. The van der Waals surface area contributed by atoms with Gasteiger partial charge < -0.3 is 23.8 Å². The van der Waals surface area contributed by atoms with Crippen LogP contribution in [-0.4, -0.2) is 61.3 Å². The molecule has 8 heteroatoms. The van der Waals surface area contributed by atoms with Crippen molar-refractivity contribution in [3.63, 3.8) is 0 Å². The fourth-order valence-corrected chi connectivity index (χ4v) is 3.01. The summed E-state index contributed by atoms with van der Waals surface area (Å²) in [6.45, 7) is 1.14. The lowest BCUT2D eigenvalue weighted by molar-refractivity contribution is -0.125. The average Bonchev–Trinajstić information content (AvgIpc) is 3.20. The number of ether oxygens (including phenoxy) is 4. The quantitative estimate of drug-likeness (QED) is 0.676. The van der Waals surface area contributed by atoms with Crippen LogP contribution in [0.5, 0.6) is 23.1 Å². The number of carbonyl (C=O) groups is 1. The summed E-state index contributed by atoms with van der Waals surface area (Å²) in [6, 6.07) is 3.57. The Bertz CT molecular complexity index is 816. The zero-order valence-electron chi connectivity index (χ0n) is 16.1. The van der Waals surface area contributed by atoms with Gasteiger partial charge in [-0.1, -0.05) is 0 Å². The van der Waals surface area contributed by atoms with E-state index in [2.05, 4.69) is 9.97 Å². The number of hydrogen-bond donors (Lipinski definition) is 0. The van der Waals surface area contributed by atoms with Crippen LogP contribution in [0.15, 0.2) is 36.8 Å². The van der Waals surface area contributed by atoms with E-state index in [9.17, 15) is 4.79 Å². The van der Waals surface area contributed by atoms with Crippen molar-refractivity contribution in [2.24, 2.45) is 0 Å². The van der Waals surface area contributed by atoms with Gasteiger partial charge in [0.25, 0.3) is 0 Å². The van der Waals surface area contributed by atoms with Gasteiger partial charge in [0.05, 0.1) is 34.1 Å². The number of carbonyl (C=O) groups excluding carboxylic acids is 1. The zero-order valence-corrected chi connectivity index (χ0v) is 16.1. The number of aromatic nitrogens is 2. The van der Waals surface area contributed by atoms with Crippen LogP contribution >= 0.6 is 0 Å². The molecule has 8 nitrogen and oxygen atoms in total. The second-order valence-electron chi connectivity index (χ2n) is 6.15. The number of nitrogens with zero attached hydrogens (tertiary/aromatic N) is 3. The molecule has 2 heterocycles. The van der Waals surface area contributed by atoms with Gasteiger partial charge in [-0.25, -0.2) is 4.98 Å². The van der Waals surface area contributed by atoms with Crippen molar-refractivity contribution in [3.8, 4) is 23.1 Å². The number of benzene rings is 1. The van der Waals surface area contributed by atoms with Crippen LogP contribution in [0.1, 0.15) is 12.0 Å². The number of amides is 1. The molecular weight excluding hydrogens is 362 g/mol. The van der Waals surface area contributed by atoms with Gasteiger partial charge in [0.1, 0.15) is 6.10 Å². The highest BCUT2D eigenvalue weighted by Crippen LogP contribution is 2.38. The van der Waals surface area contributed by atoms with Crippen molar-refractivity contribution in [2.75, 3.05) is 34.4 Å². The van der Waals surface area contributed by atoms with E-state index >= 15 is 0 Å². The minimum absolute atomic E-state index is 0.0843. The van der Waals surface area contributed by atoms with E-state index < -0.39 is 0 Å². The molecule has 0 aliphatic carbocycles. The monoisotopic (exact) mass is 385 g/mol. The molecule has 1 atom stereocenters. The Labute approximate surface area is 163 Å². The molecule has 1 amide bonds. The van der Waals surface area contributed by atoms with Gasteiger partial charge in [0, 0.05) is 31.4 Å². The molecule has 0 spiro atoms. The third-order valence-electron chi connectivity index (χ3n) is 4.39. The maximum atomic E-state index is 12.5. The summed E-state index contributed by atoms with van der Waals surface area (Å²) >= 11 is 0. The predicted molar refractivity (Wildman–Crippen MR) is 103 cm³/mol. The molecule has 0 N–H and O–H groups in total. The molecule has 1 saturated heterocycles. The Balaban J connectivity index is 1.64. The first kappa shape index (κ1) is 19.5. The Morgan fingerprint density at radius 3 is 2.50 bits per heavy atom. The highest BCUT2D eigenvalue weighted by molar-refractivity contribution is 5.92. The lowest BCUT2D eigenvalue weighted by Crippen LogP contribution is -2.29. The summed E-state index contributed by atoms with van der Waals surface area (Å²) < 4.78 is 21.7. The lowest BCUT2D eigenvalue weighted by Gasteiger charge is -2.15. The standard InChI is InChI=1S/C20H23N3O5/c1-25-16-10-14(11-17(26-2)20(16)27-3)4-5-19(24)23-9-6-15(13-23)28-18-12-21-7-8-22-18/h4-5,7-8,10-12,15H,6,9,13H2,1-3H3/b5-4+. The number of likely N-dealkylation sites (tertiary alicyclic amines) is 1. The molecule has 0 bridgehead atoms. The maximum Gasteiger partial charge on any atom is 0.246 e. The van der Waals surface area contributed by atoms with Gasteiger partial charge in [-0.05, 0) is 23.8 Å². The summed E-state index contributed by atoms with van der Waals surface area (Å²) in [5.41, 5.74) is 0.773. The van der Waals surface area contributed by atoms with E-state index in [0.717, 1.165) is 12.0 Å². The van der Waals surface area contributed by atoms with Crippen molar-refractivity contribution in [1.29, 1.82) is 0 Å². The van der Waals surface area contributed by atoms with Crippen LogP contribution < -0.4 is 18.9 Å². The third-order valence-corrected chi connectivity index (χ3v) is 4.39. The molecule has 28 heavy (non-hydrogen) atoms. The van der Waals surface area contributed by atoms with E-state index in [1.165, 1.54) is 6.08 Å². The number of rotatable bonds is 7. The van der Waals surface area contributed by atoms with Crippen LogP contribution in [0.4, 0.5) is 0 Å². The van der Waals surface area contributed by atoms with Crippen LogP contribution in [0.25, 0.3) is 6.08 Å². The van der Waals surface area contributed by atoms with E-state index in [4.69, 9.17) is 18.9 Å². The SMILES string of the molecule is COc1cc(/C=C/C(=O)N2CCC(Oc3cnccn3)C2)cc(OC)c1OC. The molecule has 1 aliphatic rings. The van der Waals surface area contributed by atoms with Crippen molar-refractivity contribution in [3.05, 3.63) is 42.4 Å². The van der Waals surface area contributed by atoms with E-state index in [0.29, 0.717) is 36.2 Å². The molecule has 1 fully saturated rings. The van der Waals surface area contributed by atoms with E-state index in [1.807, 2.05) is 0 Å². The molecular formula is C20H23N3O5. The normalized spacial score (nSPS) is 16.2. The van der Waals surface area contributed by atoms with Crippen LogP contribution in [-0.2, 0) is 4.79 Å². The van der Waals surface area contributed by atoms with Gasteiger partial charge in [-0.2, -0.15) is 0 Å². The third kappa shape index (κ3) is 4.51. The largest absolute Gasteiger partial charge is 0.493 e. The minimum Gasteiger partial charge on any atom is -0.493 e. The molecule has 1 aromatic heterocycles. The summed E-state index contributed by atoms with van der Waals surface area (Å²) in [4.78, 5) is 22.3. The van der Waals surface area contributed by atoms with E-state index in [1.54, 1.807) is 63.0 Å². The molecule has 0 radical (unpaired) electrons. The Morgan fingerprint density at radius 1 is 1.14 bits per heavy atom. The fraction of sp³-hybridized carbons (Fsp3) is 0.350. The lowest BCUT2D eigenvalue weighted by atomic mass is 10.1. The van der Waals surface area contributed by atoms with Gasteiger partial charge in [0.15, 0.2) is 11.5 Å². The van der Waals surface area contributed by atoms with Crippen molar-refractivity contribution >= 4 is 12.0 Å². The number of hydrogen-bond acceptors (Lipinski definition) is 7. The topological polar surface area (TPSA) is 83.0 Å². The van der Waals surface area contributed by atoms with Gasteiger partial charge >= 0.3 is 0 Å². The molecule has 2 aromatic rings. The summed E-state index contributed by atoms with van der Waals surface area (Å²) in [7, 11) is 4.65. The first-order valence-electron chi connectivity index (χ1n) is 8.84. The first-order chi connectivity index (χ1) is 13.6. The molecule has 1 unspecified atom stereocenters. The highest BCUT2D eigenvalue weighted by Gasteiger charge is 2.26. The van der Waals surface area contributed by atoms with Crippen LogP contribution in [0.3, 0.4) is 0 Å². The van der Waals surface area contributed by atoms with Gasteiger partial charge in [-0.3, -0.25) is 9.78 Å². The number of methoxy groups -OCH3 is 3. The molecule has 3 rings (SSSR count). The second kappa shape index (κ2) is 9.07. The minimum atomic E-state index is -0.0878. The summed E-state index contributed by atoms with van der Waals surface area (Å²) in [6.07, 6.45) is 8.65. The Kier molecular flexibility index (Phi) is 6.31. The molecule has 0 saturated carbocycles. The van der Waals surface area contributed by atoms with Crippen LogP contribution in [0.2, 0.25) is 0 Å². The van der Waals surface area contributed by atoms with Crippen LogP contribution in [0, 0.1) is 0 Å². The zero-order chi connectivity index (χ0) is 19.9. The highest BCUT2D eigenvalue weighted by atomic mass is 16.5. The second-order valence-corrected chi connectivity index (χ2v) is 6.15. The van der Waals surface area contributed by atoms with Crippen molar-refractivity contribution in [1.82, 2.24) is 14.9 Å². The summed E-state index contributed by atoms with van der Waals surface area (Å²) in [5, 5.41) is 0.